The summed E-state index contributed by atoms with van der Waals surface area (Å²) in [5.41, 5.74) is 7.38. The third kappa shape index (κ3) is 3.04. The van der Waals surface area contributed by atoms with Crippen molar-refractivity contribution in [1.82, 2.24) is 4.90 Å². The van der Waals surface area contributed by atoms with E-state index in [9.17, 15) is 4.39 Å². The molecule has 3 heteroatoms. The van der Waals surface area contributed by atoms with Crippen molar-refractivity contribution in [3.63, 3.8) is 0 Å². The first kappa shape index (κ1) is 14.0. The lowest BCUT2D eigenvalue weighted by molar-refractivity contribution is 0.0561. The number of piperidine rings is 1. The quantitative estimate of drug-likeness (QED) is 0.916. The van der Waals surface area contributed by atoms with Gasteiger partial charge in [-0.1, -0.05) is 25.0 Å². The molecule has 0 amide bonds. The van der Waals surface area contributed by atoms with E-state index in [0.29, 0.717) is 0 Å². The van der Waals surface area contributed by atoms with Gasteiger partial charge < -0.3 is 5.73 Å². The number of halogens is 1. The predicted octanol–water partition coefficient (Wildman–Crippen LogP) is 3.48. The molecule has 2 N–H and O–H groups in total. The normalized spacial score (nSPS) is 28.9. The smallest absolute Gasteiger partial charge is 0.123 e. The number of hydrogen-bond acceptors (Lipinski definition) is 2. The van der Waals surface area contributed by atoms with Gasteiger partial charge >= 0.3 is 0 Å². The molecule has 1 aliphatic heterocycles. The number of hydrogen-bond donors (Lipinski definition) is 1. The van der Waals surface area contributed by atoms with Gasteiger partial charge in [0.2, 0.25) is 0 Å². The Morgan fingerprint density at radius 3 is 2.60 bits per heavy atom. The molecule has 2 aliphatic rings. The summed E-state index contributed by atoms with van der Waals surface area (Å²) < 4.78 is 13.0. The summed E-state index contributed by atoms with van der Waals surface area (Å²) in [6.45, 7) is 2.09. The van der Waals surface area contributed by atoms with Crippen LogP contribution >= 0.6 is 0 Å². The highest BCUT2D eigenvalue weighted by atomic mass is 19.1. The summed E-state index contributed by atoms with van der Waals surface area (Å²) in [5, 5.41) is 0. The lowest BCUT2D eigenvalue weighted by Crippen LogP contribution is -2.49. The lowest BCUT2D eigenvalue weighted by Gasteiger charge is -2.45. The standard InChI is InChI=1S/C17H25FN2/c18-15-9-7-13(8-10-15)16(19)12-20-11-3-5-14-4-1-2-6-17(14)20/h7-10,14,16-17H,1-6,11-12,19H2. The largest absolute Gasteiger partial charge is 0.323 e. The van der Waals surface area contributed by atoms with Crippen LogP contribution in [0.2, 0.25) is 0 Å². The van der Waals surface area contributed by atoms with E-state index in [1.807, 2.05) is 12.1 Å². The van der Waals surface area contributed by atoms with Gasteiger partial charge in [0.1, 0.15) is 5.82 Å². The fourth-order valence-electron chi connectivity index (χ4n) is 4.02. The zero-order valence-electron chi connectivity index (χ0n) is 12.1. The summed E-state index contributed by atoms with van der Waals surface area (Å²) >= 11 is 0. The third-order valence-electron chi connectivity index (χ3n) is 5.09. The summed E-state index contributed by atoms with van der Waals surface area (Å²) in [4.78, 5) is 2.60. The third-order valence-corrected chi connectivity index (χ3v) is 5.09. The zero-order chi connectivity index (χ0) is 13.9. The van der Waals surface area contributed by atoms with Gasteiger partial charge in [0.05, 0.1) is 0 Å². The Hall–Kier alpha value is -0.930. The molecule has 20 heavy (non-hydrogen) atoms. The Morgan fingerprint density at radius 2 is 1.80 bits per heavy atom. The van der Waals surface area contributed by atoms with Gasteiger partial charge in [-0.2, -0.15) is 0 Å². The molecule has 3 rings (SSSR count). The van der Waals surface area contributed by atoms with Crippen molar-refractivity contribution in [3.8, 4) is 0 Å². The molecular formula is C17H25FN2. The van der Waals surface area contributed by atoms with Crippen LogP contribution in [0.4, 0.5) is 4.39 Å². The molecular weight excluding hydrogens is 251 g/mol. The molecule has 3 unspecified atom stereocenters. The van der Waals surface area contributed by atoms with Gasteiger partial charge in [-0.15, -0.1) is 0 Å². The number of fused-ring (bicyclic) bond motifs is 1. The second-order valence-electron chi connectivity index (χ2n) is 6.41. The maximum Gasteiger partial charge on any atom is 0.123 e. The minimum absolute atomic E-state index is 0.00345. The Balaban J connectivity index is 1.65. The van der Waals surface area contributed by atoms with Crippen LogP contribution in [0.25, 0.3) is 0 Å². The first-order valence-corrected chi connectivity index (χ1v) is 7.99. The van der Waals surface area contributed by atoms with Crippen LogP contribution in [-0.4, -0.2) is 24.0 Å². The van der Waals surface area contributed by atoms with E-state index in [4.69, 9.17) is 5.73 Å². The van der Waals surface area contributed by atoms with Gasteiger partial charge in [-0.05, 0) is 55.8 Å². The van der Waals surface area contributed by atoms with E-state index in [1.165, 1.54) is 57.2 Å². The molecule has 1 saturated heterocycles. The average Bonchev–Trinajstić information content (AvgIpc) is 2.48. The van der Waals surface area contributed by atoms with Crippen LogP contribution in [-0.2, 0) is 0 Å². The maximum absolute atomic E-state index is 13.0. The van der Waals surface area contributed by atoms with Crippen LogP contribution < -0.4 is 5.73 Å². The maximum atomic E-state index is 13.0. The second kappa shape index (κ2) is 6.23. The van der Waals surface area contributed by atoms with Gasteiger partial charge in [-0.25, -0.2) is 4.39 Å². The Labute approximate surface area is 121 Å². The predicted molar refractivity (Wildman–Crippen MR) is 79.9 cm³/mol. The molecule has 0 bridgehead atoms. The summed E-state index contributed by atoms with van der Waals surface area (Å²) in [6.07, 6.45) is 8.19. The summed E-state index contributed by atoms with van der Waals surface area (Å²) in [6, 6.07) is 7.40. The van der Waals surface area contributed by atoms with Crippen LogP contribution in [0.15, 0.2) is 24.3 Å². The molecule has 1 saturated carbocycles. The van der Waals surface area contributed by atoms with Crippen molar-refractivity contribution < 1.29 is 4.39 Å². The molecule has 0 aromatic heterocycles. The van der Waals surface area contributed by atoms with Crippen LogP contribution in [0.5, 0.6) is 0 Å². The van der Waals surface area contributed by atoms with Crippen LogP contribution in [0, 0.1) is 11.7 Å². The monoisotopic (exact) mass is 276 g/mol. The first-order valence-electron chi connectivity index (χ1n) is 7.99. The van der Waals surface area contributed by atoms with Crippen LogP contribution in [0.3, 0.4) is 0 Å². The number of benzene rings is 1. The topological polar surface area (TPSA) is 29.3 Å². The highest BCUT2D eigenvalue weighted by Gasteiger charge is 2.33. The molecule has 2 nitrogen and oxygen atoms in total. The van der Waals surface area contributed by atoms with Crippen molar-refractivity contribution in [2.45, 2.75) is 50.6 Å². The van der Waals surface area contributed by atoms with E-state index < -0.39 is 0 Å². The fourth-order valence-corrected chi connectivity index (χ4v) is 4.02. The van der Waals surface area contributed by atoms with Gasteiger partial charge in [0.15, 0.2) is 0 Å². The fraction of sp³-hybridized carbons (Fsp3) is 0.647. The van der Waals surface area contributed by atoms with E-state index >= 15 is 0 Å². The molecule has 1 heterocycles. The molecule has 1 aromatic carbocycles. The molecule has 1 aromatic rings. The SMILES string of the molecule is NC(CN1CCCC2CCCCC21)c1ccc(F)cc1. The minimum Gasteiger partial charge on any atom is -0.323 e. The number of likely N-dealkylation sites (tertiary alicyclic amines) is 1. The number of rotatable bonds is 3. The minimum atomic E-state index is -0.189. The van der Waals surface area contributed by atoms with E-state index in [2.05, 4.69) is 4.90 Å². The van der Waals surface area contributed by atoms with Crippen LogP contribution in [0.1, 0.15) is 50.1 Å². The Kier molecular flexibility index (Phi) is 4.37. The van der Waals surface area contributed by atoms with Gasteiger partial charge in [-0.3, -0.25) is 4.90 Å². The molecule has 0 spiro atoms. The number of nitrogens with two attached hydrogens (primary N) is 1. The van der Waals surface area contributed by atoms with Crippen molar-refractivity contribution in [2.75, 3.05) is 13.1 Å². The van der Waals surface area contributed by atoms with E-state index in [-0.39, 0.29) is 11.9 Å². The molecule has 110 valence electrons. The van der Waals surface area contributed by atoms with Crippen molar-refractivity contribution >= 4 is 0 Å². The first-order chi connectivity index (χ1) is 9.74. The Morgan fingerprint density at radius 1 is 1.10 bits per heavy atom. The van der Waals surface area contributed by atoms with Crippen molar-refractivity contribution in [3.05, 3.63) is 35.6 Å². The van der Waals surface area contributed by atoms with Gasteiger partial charge in [0.25, 0.3) is 0 Å². The van der Waals surface area contributed by atoms with E-state index in [1.54, 1.807) is 0 Å². The summed E-state index contributed by atoms with van der Waals surface area (Å²) in [7, 11) is 0. The highest BCUT2D eigenvalue weighted by molar-refractivity contribution is 5.20. The van der Waals surface area contributed by atoms with E-state index in [0.717, 1.165) is 24.1 Å². The molecule has 2 fully saturated rings. The lowest BCUT2D eigenvalue weighted by atomic mass is 9.78. The summed E-state index contributed by atoms with van der Waals surface area (Å²) in [5.74, 6) is 0.698. The Bertz CT molecular complexity index is 429. The second-order valence-corrected chi connectivity index (χ2v) is 6.41. The molecule has 3 atom stereocenters. The van der Waals surface area contributed by atoms with Crippen molar-refractivity contribution in [1.29, 1.82) is 0 Å². The van der Waals surface area contributed by atoms with Gasteiger partial charge in [0, 0.05) is 18.6 Å². The molecule has 0 radical (unpaired) electrons. The molecule has 1 aliphatic carbocycles. The zero-order valence-corrected chi connectivity index (χ0v) is 12.1. The van der Waals surface area contributed by atoms with Crippen molar-refractivity contribution in [2.24, 2.45) is 11.7 Å². The highest BCUT2D eigenvalue weighted by Crippen LogP contribution is 2.35. The average molecular weight is 276 g/mol. The number of nitrogens with zero attached hydrogens (tertiary/aromatic N) is 1.